The number of likely N-dealkylation sites (tertiary alicyclic amines) is 1. The van der Waals surface area contributed by atoms with E-state index in [-0.39, 0.29) is 23.7 Å². The average molecular weight is 507 g/mol. The SMILES string of the molecule is C[C@H](NC(=O)C1(c2ccccc2)CCN(C(=O)c2ccc(-c3ccc(F)cc3)cc2)CC1)c1ccccc1. The highest BCUT2D eigenvalue weighted by atomic mass is 19.1. The molecule has 1 fully saturated rings. The normalized spacial score (nSPS) is 15.5. The predicted molar refractivity (Wildman–Crippen MR) is 148 cm³/mol. The molecule has 38 heavy (non-hydrogen) atoms. The maximum absolute atomic E-state index is 13.8. The summed E-state index contributed by atoms with van der Waals surface area (Å²) in [6.07, 6.45) is 1.09. The van der Waals surface area contributed by atoms with Crippen molar-refractivity contribution in [3.05, 3.63) is 132 Å². The van der Waals surface area contributed by atoms with Crippen molar-refractivity contribution >= 4 is 11.8 Å². The van der Waals surface area contributed by atoms with E-state index in [0.29, 0.717) is 31.5 Å². The molecule has 1 N–H and O–H groups in total. The molecule has 0 bridgehead atoms. The number of piperidine rings is 1. The Morgan fingerprint density at radius 2 is 1.29 bits per heavy atom. The molecule has 1 aliphatic heterocycles. The van der Waals surface area contributed by atoms with Crippen LogP contribution >= 0.6 is 0 Å². The van der Waals surface area contributed by atoms with Gasteiger partial charge in [0.25, 0.3) is 5.91 Å². The Kier molecular flexibility index (Phi) is 7.36. The monoisotopic (exact) mass is 506 g/mol. The summed E-state index contributed by atoms with van der Waals surface area (Å²) >= 11 is 0. The Labute approximate surface area is 223 Å². The third-order valence-electron chi connectivity index (χ3n) is 7.62. The van der Waals surface area contributed by atoms with Crippen molar-refractivity contribution in [3.63, 3.8) is 0 Å². The number of nitrogens with one attached hydrogen (secondary N) is 1. The molecule has 0 aromatic heterocycles. The summed E-state index contributed by atoms with van der Waals surface area (Å²) in [7, 11) is 0. The number of carbonyl (C=O) groups is 2. The molecule has 4 nitrogen and oxygen atoms in total. The highest BCUT2D eigenvalue weighted by Crippen LogP contribution is 2.37. The molecule has 0 unspecified atom stereocenters. The summed E-state index contributed by atoms with van der Waals surface area (Å²) in [5.41, 5.74) is 3.76. The lowest BCUT2D eigenvalue weighted by Crippen LogP contribution is -2.53. The molecule has 5 heteroatoms. The second-order valence-corrected chi connectivity index (χ2v) is 9.93. The first-order valence-electron chi connectivity index (χ1n) is 13.0. The third-order valence-corrected chi connectivity index (χ3v) is 7.62. The Bertz CT molecular complexity index is 1380. The van der Waals surface area contributed by atoms with Crippen LogP contribution in [-0.2, 0) is 10.2 Å². The minimum absolute atomic E-state index is 0.00389. The molecule has 5 rings (SSSR count). The van der Waals surface area contributed by atoms with Crippen LogP contribution in [0.25, 0.3) is 11.1 Å². The van der Waals surface area contributed by atoms with Gasteiger partial charge in [-0.2, -0.15) is 0 Å². The predicted octanol–water partition coefficient (Wildman–Crippen LogP) is 6.54. The minimum atomic E-state index is -0.701. The molecular weight excluding hydrogens is 475 g/mol. The number of benzene rings is 4. The van der Waals surface area contributed by atoms with Gasteiger partial charge in [-0.15, -0.1) is 0 Å². The Hall–Kier alpha value is -4.25. The standard InChI is InChI=1S/C33H31FN2O2/c1-24(25-8-4-2-5-9-25)35-32(38)33(29-10-6-3-7-11-29)20-22-36(23-21-33)31(37)28-14-12-26(13-15-28)27-16-18-30(34)19-17-27/h2-19,24H,20-23H2,1H3,(H,35,38)/t24-/m0/s1. The maximum atomic E-state index is 13.8. The van der Waals surface area contributed by atoms with Crippen LogP contribution in [0.2, 0.25) is 0 Å². The number of amides is 2. The van der Waals surface area contributed by atoms with Gasteiger partial charge in [0.15, 0.2) is 0 Å². The van der Waals surface area contributed by atoms with E-state index < -0.39 is 5.41 Å². The van der Waals surface area contributed by atoms with Crippen molar-refractivity contribution in [1.29, 1.82) is 0 Å². The number of rotatable bonds is 6. The van der Waals surface area contributed by atoms with Gasteiger partial charge in [-0.3, -0.25) is 9.59 Å². The van der Waals surface area contributed by atoms with Crippen LogP contribution in [0.15, 0.2) is 109 Å². The summed E-state index contributed by atoms with van der Waals surface area (Å²) in [6, 6.07) is 33.4. The van der Waals surface area contributed by atoms with Crippen LogP contribution in [0.1, 0.15) is 47.3 Å². The fourth-order valence-corrected chi connectivity index (χ4v) is 5.29. The quantitative estimate of drug-likeness (QED) is 0.323. The molecule has 1 saturated heterocycles. The highest BCUT2D eigenvalue weighted by molar-refractivity contribution is 5.95. The van der Waals surface area contributed by atoms with Gasteiger partial charge < -0.3 is 10.2 Å². The number of nitrogens with zero attached hydrogens (tertiary/aromatic N) is 1. The molecule has 0 aliphatic carbocycles. The molecule has 1 aliphatic rings. The van der Waals surface area contributed by atoms with E-state index >= 15 is 0 Å². The lowest BCUT2D eigenvalue weighted by atomic mass is 9.71. The van der Waals surface area contributed by atoms with Crippen LogP contribution in [0.3, 0.4) is 0 Å². The zero-order valence-electron chi connectivity index (χ0n) is 21.4. The van der Waals surface area contributed by atoms with Crippen molar-refractivity contribution in [1.82, 2.24) is 10.2 Å². The van der Waals surface area contributed by atoms with E-state index in [0.717, 1.165) is 22.3 Å². The molecule has 0 spiro atoms. The van der Waals surface area contributed by atoms with Crippen molar-refractivity contribution in [2.24, 2.45) is 0 Å². The van der Waals surface area contributed by atoms with Gasteiger partial charge in [0.1, 0.15) is 5.82 Å². The van der Waals surface area contributed by atoms with Crippen molar-refractivity contribution in [2.75, 3.05) is 13.1 Å². The van der Waals surface area contributed by atoms with E-state index in [4.69, 9.17) is 0 Å². The van der Waals surface area contributed by atoms with Crippen LogP contribution in [0.4, 0.5) is 4.39 Å². The van der Waals surface area contributed by atoms with Gasteiger partial charge in [0, 0.05) is 18.7 Å². The fraction of sp³-hybridized carbons (Fsp3) is 0.212. The zero-order valence-corrected chi connectivity index (χ0v) is 21.4. The largest absolute Gasteiger partial charge is 0.349 e. The molecule has 0 saturated carbocycles. The summed E-state index contributed by atoms with van der Waals surface area (Å²) < 4.78 is 13.3. The Morgan fingerprint density at radius 1 is 0.763 bits per heavy atom. The molecule has 1 atom stereocenters. The number of carbonyl (C=O) groups excluding carboxylic acids is 2. The van der Waals surface area contributed by atoms with Crippen LogP contribution in [0.5, 0.6) is 0 Å². The second kappa shape index (κ2) is 11.0. The topological polar surface area (TPSA) is 49.4 Å². The van der Waals surface area contributed by atoms with Crippen LogP contribution in [-0.4, -0.2) is 29.8 Å². The third kappa shape index (κ3) is 5.23. The average Bonchev–Trinajstić information content (AvgIpc) is 2.98. The number of halogens is 1. The number of hydrogen-bond donors (Lipinski definition) is 1. The van der Waals surface area contributed by atoms with Crippen LogP contribution < -0.4 is 5.32 Å². The molecular formula is C33H31FN2O2. The first kappa shape index (κ1) is 25.4. The van der Waals surface area contributed by atoms with Crippen molar-refractivity contribution in [2.45, 2.75) is 31.2 Å². The summed E-state index contributed by atoms with van der Waals surface area (Å²) in [4.78, 5) is 29.0. The van der Waals surface area contributed by atoms with Gasteiger partial charge in [-0.05, 0) is 66.3 Å². The van der Waals surface area contributed by atoms with E-state index in [1.54, 1.807) is 12.1 Å². The fourth-order valence-electron chi connectivity index (χ4n) is 5.29. The molecule has 0 radical (unpaired) electrons. The Balaban J connectivity index is 1.31. The van der Waals surface area contributed by atoms with Crippen molar-refractivity contribution in [3.8, 4) is 11.1 Å². The lowest BCUT2D eigenvalue weighted by Gasteiger charge is -2.41. The summed E-state index contributed by atoms with van der Waals surface area (Å²) in [5.74, 6) is -0.327. The maximum Gasteiger partial charge on any atom is 0.253 e. The van der Waals surface area contributed by atoms with E-state index in [9.17, 15) is 14.0 Å². The molecule has 192 valence electrons. The van der Waals surface area contributed by atoms with E-state index in [1.807, 2.05) is 96.8 Å². The van der Waals surface area contributed by atoms with Crippen LogP contribution in [0, 0.1) is 5.82 Å². The van der Waals surface area contributed by atoms with Gasteiger partial charge >= 0.3 is 0 Å². The van der Waals surface area contributed by atoms with Gasteiger partial charge in [-0.1, -0.05) is 84.9 Å². The van der Waals surface area contributed by atoms with E-state index in [1.165, 1.54) is 12.1 Å². The first-order valence-corrected chi connectivity index (χ1v) is 13.0. The zero-order chi connectivity index (χ0) is 26.5. The molecule has 4 aromatic carbocycles. The summed E-state index contributed by atoms with van der Waals surface area (Å²) in [5, 5.41) is 3.24. The highest BCUT2D eigenvalue weighted by Gasteiger charge is 2.44. The number of hydrogen-bond acceptors (Lipinski definition) is 2. The lowest BCUT2D eigenvalue weighted by molar-refractivity contribution is -0.129. The summed E-state index contributed by atoms with van der Waals surface area (Å²) in [6.45, 7) is 2.97. The van der Waals surface area contributed by atoms with E-state index in [2.05, 4.69) is 5.32 Å². The van der Waals surface area contributed by atoms with Crippen molar-refractivity contribution < 1.29 is 14.0 Å². The molecule has 2 amide bonds. The first-order chi connectivity index (χ1) is 18.5. The molecule has 1 heterocycles. The smallest absolute Gasteiger partial charge is 0.253 e. The Morgan fingerprint density at radius 3 is 1.87 bits per heavy atom. The minimum Gasteiger partial charge on any atom is -0.349 e. The molecule has 4 aromatic rings. The van der Waals surface area contributed by atoms with Gasteiger partial charge in [0.2, 0.25) is 5.91 Å². The van der Waals surface area contributed by atoms with Gasteiger partial charge in [-0.25, -0.2) is 4.39 Å². The van der Waals surface area contributed by atoms with Gasteiger partial charge in [0.05, 0.1) is 11.5 Å². The second-order valence-electron chi connectivity index (χ2n) is 9.93.